The van der Waals surface area contributed by atoms with E-state index in [0.29, 0.717) is 0 Å². The number of imidazole rings is 1. The molecule has 10 rings (SSSR count). The highest BCUT2D eigenvalue weighted by Gasteiger charge is 2.51. The number of nitrogens with zero attached hydrogens (tertiary/aromatic N) is 3. The fourth-order valence-electron chi connectivity index (χ4n) is 8.34. The number of rotatable bonds is 1. The maximum atomic E-state index is 5.26. The Bertz CT molecular complexity index is 2270. The third-order valence-corrected chi connectivity index (χ3v) is 11.3. The molecule has 0 radical (unpaired) electrons. The van der Waals surface area contributed by atoms with Gasteiger partial charge in [0.15, 0.2) is 5.16 Å². The predicted octanol–water partition coefficient (Wildman–Crippen LogP) is 10.4. The average Bonchev–Trinajstić information content (AvgIpc) is 3.59. The van der Waals surface area contributed by atoms with E-state index in [1.165, 1.54) is 55.2 Å². The maximum Gasteiger partial charge on any atom is 0.175 e. The summed E-state index contributed by atoms with van der Waals surface area (Å²) >= 11 is 1.78. The van der Waals surface area contributed by atoms with Gasteiger partial charge < -0.3 is 4.90 Å². The maximum absolute atomic E-state index is 5.26. The van der Waals surface area contributed by atoms with E-state index in [1.54, 1.807) is 11.8 Å². The molecule has 0 bridgehead atoms. The molecule has 0 saturated carbocycles. The summed E-state index contributed by atoms with van der Waals surface area (Å²) in [6.45, 7) is 4.68. The Morgan fingerprint density at radius 2 is 1.11 bits per heavy atom. The second kappa shape index (κ2) is 8.77. The van der Waals surface area contributed by atoms with Crippen LogP contribution in [0.5, 0.6) is 0 Å². The Labute approximate surface area is 266 Å². The van der Waals surface area contributed by atoms with Gasteiger partial charge in [0.25, 0.3) is 0 Å². The van der Waals surface area contributed by atoms with Crippen LogP contribution >= 0.6 is 11.8 Å². The van der Waals surface area contributed by atoms with Crippen LogP contribution in [0.4, 0.5) is 17.1 Å². The largest absolute Gasteiger partial charge is 0.310 e. The van der Waals surface area contributed by atoms with Crippen LogP contribution in [0.3, 0.4) is 0 Å². The monoisotopic (exact) mass is 595 g/mol. The molecule has 45 heavy (non-hydrogen) atoms. The normalized spacial score (nSPS) is 16.0. The summed E-state index contributed by atoms with van der Waals surface area (Å²) in [5, 5.41) is 1.02. The second-order valence-corrected chi connectivity index (χ2v) is 13.8. The molecule has 3 heterocycles. The fraction of sp³-hybridized carbons (Fsp3) is 0.0976. The minimum atomic E-state index is -0.530. The summed E-state index contributed by atoms with van der Waals surface area (Å²) in [6, 6.07) is 51.4. The van der Waals surface area contributed by atoms with E-state index in [-0.39, 0.29) is 5.41 Å². The highest BCUT2D eigenvalue weighted by molar-refractivity contribution is 7.99. The second-order valence-electron chi connectivity index (χ2n) is 12.8. The summed E-state index contributed by atoms with van der Waals surface area (Å²) in [5.74, 6) is 0. The highest BCUT2D eigenvalue weighted by Crippen LogP contribution is 2.61. The first-order valence-electron chi connectivity index (χ1n) is 15.6. The minimum Gasteiger partial charge on any atom is -0.310 e. The van der Waals surface area contributed by atoms with Gasteiger partial charge in [0.1, 0.15) is 5.54 Å². The Morgan fingerprint density at radius 1 is 0.556 bits per heavy atom. The lowest BCUT2D eigenvalue weighted by Crippen LogP contribution is -2.38. The van der Waals surface area contributed by atoms with Gasteiger partial charge in [-0.05, 0) is 69.8 Å². The molecular formula is C41H29N3S. The molecule has 3 aliphatic rings. The summed E-state index contributed by atoms with van der Waals surface area (Å²) < 4.78 is 2.51. The van der Waals surface area contributed by atoms with Gasteiger partial charge in [0, 0.05) is 21.6 Å². The van der Waals surface area contributed by atoms with E-state index in [0.717, 1.165) is 21.9 Å². The van der Waals surface area contributed by atoms with Crippen molar-refractivity contribution in [2.45, 2.75) is 34.9 Å². The molecule has 0 amide bonds. The number of anilines is 3. The van der Waals surface area contributed by atoms with E-state index in [2.05, 4.69) is 163 Å². The van der Waals surface area contributed by atoms with Gasteiger partial charge >= 0.3 is 0 Å². The number of benzene rings is 6. The van der Waals surface area contributed by atoms with E-state index >= 15 is 0 Å². The highest BCUT2D eigenvalue weighted by atomic mass is 32.2. The van der Waals surface area contributed by atoms with Gasteiger partial charge in [-0.1, -0.05) is 129 Å². The molecule has 4 heteroatoms. The van der Waals surface area contributed by atoms with Crippen molar-refractivity contribution in [2.75, 3.05) is 4.90 Å². The van der Waals surface area contributed by atoms with Crippen molar-refractivity contribution >= 4 is 39.9 Å². The third-order valence-electron chi connectivity index (χ3n) is 10.2. The molecule has 1 aromatic heterocycles. The summed E-state index contributed by atoms with van der Waals surface area (Å²) in [6.07, 6.45) is 0. The molecular weight excluding hydrogens is 567 g/mol. The molecule has 214 valence electrons. The van der Waals surface area contributed by atoms with E-state index in [1.807, 2.05) is 0 Å². The summed E-state index contributed by atoms with van der Waals surface area (Å²) in [7, 11) is 0. The lowest BCUT2D eigenvalue weighted by Gasteiger charge is -2.43. The van der Waals surface area contributed by atoms with Gasteiger partial charge in [-0.25, -0.2) is 4.98 Å². The molecule has 0 fully saturated rings. The smallest absolute Gasteiger partial charge is 0.175 e. The lowest BCUT2D eigenvalue weighted by molar-refractivity contribution is 0.484. The first-order valence-corrected chi connectivity index (χ1v) is 16.4. The summed E-state index contributed by atoms with van der Waals surface area (Å²) in [4.78, 5) is 8.96. The molecule has 0 unspecified atom stereocenters. The van der Waals surface area contributed by atoms with Gasteiger partial charge in [-0.2, -0.15) is 0 Å². The lowest BCUT2D eigenvalue weighted by atomic mass is 9.73. The van der Waals surface area contributed by atoms with Crippen LogP contribution in [0, 0.1) is 0 Å². The van der Waals surface area contributed by atoms with E-state index in [9.17, 15) is 0 Å². The van der Waals surface area contributed by atoms with Crippen molar-refractivity contribution in [3.63, 3.8) is 0 Å². The first kappa shape index (κ1) is 25.3. The zero-order valence-corrected chi connectivity index (χ0v) is 25.8. The molecule has 2 aliphatic heterocycles. The van der Waals surface area contributed by atoms with Gasteiger partial charge in [0.05, 0.1) is 22.4 Å². The topological polar surface area (TPSA) is 21.1 Å². The van der Waals surface area contributed by atoms with Crippen molar-refractivity contribution in [1.29, 1.82) is 0 Å². The Hall–Kier alpha value is -5.06. The van der Waals surface area contributed by atoms with Crippen molar-refractivity contribution in [3.8, 4) is 11.1 Å². The molecule has 0 N–H and O–H groups in total. The van der Waals surface area contributed by atoms with Crippen LogP contribution in [0.15, 0.2) is 150 Å². The zero-order valence-electron chi connectivity index (χ0n) is 25.0. The van der Waals surface area contributed by atoms with Crippen molar-refractivity contribution in [2.24, 2.45) is 0 Å². The Morgan fingerprint density at radius 3 is 1.78 bits per heavy atom. The van der Waals surface area contributed by atoms with E-state index < -0.39 is 5.54 Å². The molecule has 1 spiro atoms. The number of fused-ring (bicyclic) bond motifs is 13. The average molecular weight is 596 g/mol. The predicted molar refractivity (Wildman–Crippen MR) is 184 cm³/mol. The van der Waals surface area contributed by atoms with Gasteiger partial charge in [-0.15, -0.1) is 0 Å². The number of hydrogen-bond donors (Lipinski definition) is 0. The molecule has 1 aliphatic carbocycles. The number of hydrogen-bond acceptors (Lipinski definition) is 3. The van der Waals surface area contributed by atoms with Crippen molar-refractivity contribution < 1.29 is 0 Å². The summed E-state index contributed by atoms with van der Waals surface area (Å²) in [5.41, 5.74) is 14.4. The van der Waals surface area contributed by atoms with Gasteiger partial charge in [-0.3, -0.25) is 4.57 Å². The van der Waals surface area contributed by atoms with Crippen LogP contribution < -0.4 is 4.90 Å². The molecule has 0 atom stereocenters. The number of para-hydroxylation sites is 4. The van der Waals surface area contributed by atoms with Crippen LogP contribution in [0.1, 0.15) is 41.7 Å². The quantitative estimate of drug-likeness (QED) is 0.188. The van der Waals surface area contributed by atoms with Crippen LogP contribution in [0.25, 0.3) is 22.2 Å². The first-order chi connectivity index (χ1) is 22.1. The van der Waals surface area contributed by atoms with Crippen LogP contribution in [0.2, 0.25) is 0 Å². The molecule has 0 saturated heterocycles. The fourth-order valence-corrected chi connectivity index (χ4v) is 9.51. The Kier molecular flexibility index (Phi) is 4.93. The zero-order chi connectivity index (χ0) is 29.9. The van der Waals surface area contributed by atoms with Crippen molar-refractivity contribution in [1.82, 2.24) is 9.55 Å². The van der Waals surface area contributed by atoms with Crippen LogP contribution in [-0.2, 0) is 11.0 Å². The van der Waals surface area contributed by atoms with Gasteiger partial charge in [0.2, 0.25) is 0 Å². The number of aromatic nitrogens is 2. The standard InChI is InChI=1S/C41H29N3S/c1-40(2)31-17-7-10-20-35(31)43(36-21-11-8-18-32(36)40)26-23-24-33-38(25-26)45-39-42-34-19-9-12-22-37(34)44(39)41(33)29-15-5-3-13-27(29)28-14-4-6-16-30(28)41/h3-25H,1-2H3. The third kappa shape index (κ3) is 3.10. The molecule has 3 nitrogen and oxygen atoms in total. The SMILES string of the molecule is CC1(C)c2ccccc2N(c2ccc3c(c2)Sc2nc4ccccc4n2C32c3ccccc3-c3ccccc32)c2ccccc21. The van der Waals surface area contributed by atoms with Crippen molar-refractivity contribution in [3.05, 3.63) is 167 Å². The molecule has 6 aromatic carbocycles. The Balaban J connectivity index is 1.28. The minimum absolute atomic E-state index is 0.0984. The molecule has 7 aromatic rings. The van der Waals surface area contributed by atoms with E-state index in [4.69, 9.17) is 4.98 Å². The van der Waals surface area contributed by atoms with Crippen LogP contribution in [-0.4, -0.2) is 9.55 Å².